The molecule has 4 rings (SSSR count). The summed E-state index contributed by atoms with van der Waals surface area (Å²) in [5.41, 5.74) is -0.456. The second kappa shape index (κ2) is 9.64. The van der Waals surface area contributed by atoms with Crippen LogP contribution in [0.5, 0.6) is 0 Å². The Morgan fingerprint density at radius 2 is 1.55 bits per heavy atom. The molecule has 0 aliphatic carbocycles. The summed E-state index contributed by atoms with van der Waals surface area (Å²) in [5.74, 6) is -1.44. The van der Waals surface area contributed by atoms with Gasteiger partial charge in [0.1, 0.15) is 5.66 Å². The SMILES string of the molecule is CC[C@]1(N)C[C@H](c2nnnn2Cc2cc(C(F)(F)F)cc(C(F)(F)F)c2)c2cc(C(F)(F)F)ccc2N1C(=O)O. The molecule has 216 valence electrons. The predicted molar refractivity (Wildman–Crippen MR) is 119 cm³/mol. The molecule has 0 fully saturated rings. The van der Waals surface area contributed by atoms with Gasteiger partial charge in [0.15, 0.2) is 5.82 Å². The first-order valence-electron chi connectivity index (χ1n) is 11.4. The number of nitrogens with zero attached hydrogens (tertiary/aromatic N) is 5. The van der Waals surface area contributed by atoms with Gasteiger partial charge in [0.05, 0.1) is 34.8 Å². The Labute approximate surface area is 219 Å². The van der Waals surface area contributed by atoms with Gasteiger partial charge >= 0.3 is 24.6 Å². The molecule has 0 saturated carbocycles. The maximum absolute atomic E-state index is 13.6. The number of tetrazole rings is 1. The highest BCUT2D eigenvalue weighted by Crippen LogP contribution is 2.47. The van der Waals surface area contributed by atoms with Crippen LogP contribution in [0.3, 0.4) is 0 Å². The average molecular weight is 582 g/mol. The van der Waals surface area contributed by atoms with Crippen molar-refractivity contribution < 1.29 is 49.4 Å². The zero-order valence-electron chi connectivity index (χ0n) is 20.2. The Bertz CT molecular complexity index is 1400. The summed E-state index contributed by atoms with van der Waals surface area (Å²) in [7, 11) is 0. The highest BCUT2D eigenvalue weighted by atomic mass is 19.4. The monoisotopic (exact) mass is 582 g/mol. The minimum atomic E-state index is -5.11. The third-order valence-electron chi connectivity index (χ3n) is 6.63. The first-order valence-corrected chi connectivity index (χ1v) is 11.4. The quantitative estimate of drug-likeness (QED) is 0.373. The van der Waals surface area contributed by atoms with Crippen LogP contribution in [0, 0.1) is 0 Å². The number of hydrogen-bond donors (Lipinski definition) is 2. The van der Waals surface area contributed by atoms with Gasteiger partial charge in [-0.15, -0.1) is 5.10 Å². The van der Waals surface area contributed by atoms with E-state index < -0.39 is 65.0 Å². The lowest BCUT2D eigenvalue weighted by Crippen LogP contribution is -2.61. The minimum Gasteiger partial charge on any atom is -0.465 e. The van der Waals surface area contributed by atoms with Crippen LogP contribution < -0.4 is 10.6 Å². The molecule has 3 N–H and O–H groups in total. The zero-order chi connectivity index (χ0) is 29.8. The molecule has 1 aliphatic heterocycles. The van der Waals surface area contributed by atoms with Crippen molar-refractivity contribution in [2.75, 3.05) is 4.90 Å². The molecule has 0 bridgehead atoms. The number of carbonyl (C=O) groups is 1. The van der Waals surface area contributed by atoms with Gasteiger partial charge in [0.2, 0.25) is 0 Å². The molecule has 3 aromatic rings. The summed E-state index contributed by atoms with van der Waals surface area (Å²) in [6.45, 7) is 0.818. The maximum Gasteiger partial charge on any atom is 0.416 e. The molecule has 0 spiro atoms. The molecular formula is C23H19F9N6O2. The number of nitrogens with two attached hydrogens (primary N) is 1. The van der Waals surface area contributed by atoms with Crippen molar-refractivity contribution in [3.63, 3.8) is 0 Å². The molecule has 8 nitrogen and oxygen atoms in total. The van der Waals surface area contributed by atoms with Crippen molar-refractivity contribution in [2.45, 2.75) is 56.4 Å². The van der Waals surface area contributed by atoms with Crippen molar-refractivity contribution in [3.8, 4) is 0 Å². The standard InChI is InChI=1S/C23H19F9N6O2/c1-2-20(33)9-16(15-8-12(21(24,25)26)3-4-17(15)38(20)19(39)40)18-34-35-36-37(18)10-11-5-13(22(27,28)29)7-14(6-11)23(30,31)32/h3-8,16H,2,9-10,33H2,1H3,(H,39,40)/t16-,20+/m0/s1. The number of carboxylic acid groups (broad SMARTS) is 1. The van der Waals surface area contributed by atoms with Crippen molar-refractivity contribution in [1.29, 1.82) is 0 Å². The summed E-state index contributed by atoms with van der Waals surface area (Å²) in [6.07, 6.45) is -17.0. The number of amides is 1. The molecule has 2 heterocycles. The van der Waals surface area contributed by atoms with Crippen LogP contribution in [-0.2, 0) is 25.1 Å². The van der Waals surface area contributed by atoms with E-state index in [0.717, 1.165) is 15.6 Å². The number of aromatic nitrogens is 4. The molecule has 40 heavy (non-hydrogen) atoms. The molecule has 1 amide bonds. The van der Waals surface area contributed by atoms with Gasteiger partial charge in [-0.05, 0) is 70.8 Å². The second-order valence-corrected chi connectivity index (χ2v) is 9.21. The highest BCUT2D eigenvalue weighted by Gasteiger charge is 2.47. The summed E-state index contributed by atoms with van der Waals surface area (Å²) < 4.78 is 122. The van der Waals surface area contributed by atoms with Gasteiger partial charge in [0.25, 0.3) is 0 Å². The van der Waals surface area contributed by atoms with Crippen molar-refractivity contribution in [3.05, 3.63) is 70.0 Å². The van der Waals surface area contributed by atoms with Gasteiger partial charge in [-0.3, -0.25) is 4.90 Å². The molecule has 2 aromatic carbocycles. The average Bonchev–Trinajstić information content (AvgIpc) is 3.28. The molecule has 17 heteroatoms. The predicted octanol–water partition coefficient (Wildman–Crippen LogP) is 5.86. The first kappa shape index (κ1) is 29.1. The van der Waals surface area contributed by atoms with Gasteiger partial charge in [0, 0.05) is 0 Å². The minimum absolute atomic E-state index is 0.0135. The van der Waals surface area contributed by atoms with Gasteiger partial charge in [-0.1, -0.05) is 6.92 Å². The fourth-order valence-corrected chi connectivity index (χ4v) is 4.69. The molecule has 0 radical (unpaired) electrons. The summed E-state index contributed by atoms with van der Waals surface area (Å²) >= 11 is 0. The Morgan fingerprint density at radius 3 is 2.05 bits per heavy atom. The van der Waals surface area contributed by atoms with E-state index in [1.807, 2.05) is 0 Å². The fraction of sp³-hybridized carbons (Fsp3) is 0.391. The lowest BCUT2D eigenvalue weighted by molar-refractivity contribution is -0.143. The summed E-state index contributed by atoms with van der Waals surface area (Å²) in [6, 6.07) is 3.18. The normalized spacial score (nSPS) is 20.0. The Balaban J connectivity index is 1.87. The highest BCUT2D eigenvalue weighted by molar-refractivity contribution is 5.90. The van der Waals surface area contributed by atoms with Gasteiger partial charge < -0.3 is 10.8 Å². The summed E-state index contributed by atoms with van der Waals surface area (Å²) in [5, 5.41) is 20.7. The number of rotatable bonds is 4. The second-order valence-electron chi connectivity index (χ2n) is 9.21. The molecular weight excluding hydrogens is 563 g/mol. The Hall–Kier alpha value is -3.89. The van der Waals surface area contributed by atoms with Crippen LogP contribution in [0.15, 0.2) is 36.4 Å². The van der Waals surface area contributed by atoms with Crippen LogP contribution >= 0.6 is 0 Å². The zero-order valence-corrected chi connectivity index (χ0v) is 20.2. The maximum atomic E-state index is 13.6. The first-order chi connectivity index (χ1) is 18.3. The number of benzene rings is 2. The topological polar surface area (TPSA) is 110 Å². The van der Waals surface area contributed by atoms with E-state index in [0.29, 0.717) is 24.3 Å². The van der Waals surface area contributed by atoms with Crippen LogP contribution in [0.25, 0.3) is 0 Å². The van der Waals surface area contributed by atoms with Crippen molar-refractivity contribution >= 4 is 11.8 Å². The fourth-order valence-electron chi connectivity index (χ4n) is 4.69. The lowest BCUT2D eigenvalue weighted by Gasteiger charge is -2.46. The molecule has 0 saturated heterocycles. The number of halogens is 9. The molecule has 1 aliphatic rings. The van der Waals surface area contributed by atoms with Gasteiger partial charge in [-0.2, -0.15) is 39.5 Å². The van der Waals surface area contributed by atoms with Gasteiger partial charge in [-0.25, -0.2) is 9.48 Å². The third kappa shape index (κ3) is 5.41. The largest absolute Gasteiger partial charge is 0.465 e. The van der Waals surface area contributed by atoms with E-state index in [4.69, 9.17) is 5.73 Å². The number of fused-ring (bicyclic) bond motifs is 1. The third-order valence-corrected chi connectivity index (χ3v) is 6.63. The smallest absolute Gasteiger partial charge is 0.416 e. The number of hydrogen-bond acceptors (Lipinski definition) is 5. The number of anilines is 1. The summed E-state index contributed by atoms with van der Waals surface area (Å²) in [4.78, 5) is 12.8. The molecule has 1 aromatic heterocycles. The van der Waals surface area contributed by atoms with Crippen LogP contribution in [0.2, 0.25) is 0 Å². The Morgan fingerprint density at radius 1 is 0.975 bits per heavy atom. The van der Waals surface area contributed by atoms with E-state index in [9.17, 15) is 49.4 Å². The van der Waals surface area contributed by atoms with Crippen LogP contribution in [0.1, 0.15) is 59.3 Å². The van der Waals surface area contributed by atoms with E-state index in [1.165, 1.54) is 6.92 Å². The van der Waals surface area contributed by atoms with E-state index in [2.05, 4.69) is 15.5 Å². The van der Waals surface area contributed by atoms with E-state index in [-0.39, 0.29) is 36.0 Å². The number of alkyl halides is 9. The Kier molecular flexibility index (Phi) is 7.01. The van der Waals surface area contributed by atoms with Crippen LogP contribution in [0.4, 0.5) is 50.0 Å². The van der Waals surface area contributed by atoms with Crippen molar-refractivity contribution in [2.24, 2.45) is 5.73 Å². The lowest BCUT2D eigenvalue weighted by atomic mass is 9.80. The van der Waals surface area contributed by atoms with E-state index >= 15 is 0 Å². The van der Waals surface area contributed by atoms with E-state index in [1.54, 1.807) is 0 Å². The van der Waals surface area contributed by atoms with Crippen LogP contribution in [-0.4, -0.2) is 37.1 Å². The van der Waals surface area contributed by atoms with Crippen molar-refractivity contribution in [1.82, 2.24) is 20.2 Å². The molecule has 2 atom stereocenters. The molecule has 0 unspecified atom stereocenters.